The number of hydroxylamine groups is 1. The Balaban J connectivity index is 1.96. The molecule has 0 atom stereocenters. The van der Waals surface area contributed by atoms with E-state index in [4.69, 9.17) is 0 Å². The smallest absolute Gasteiger partial charge is 0.129 e. The molecule has 2 aliphatic heterocycles. The number of benzene rings is 2. The van der Waals surface area contributed by atoms with Crippen LogP contribution in [0.5, 0.6) is 0 Å². The van der Waals surface area contributed by atoms with Crippen LogP contribution >= 0.6 is 0 Å². The molecular weight excluding hydrogens is 290 g/mol. The van der Waals surface area contributed by atoms with Gasteiger partial charge in [-0.1, -0.05) is 30.3 Å². The van der Waals surface area contributed by atoms with Crippen LogP contribution in [0.4, 0.5) is 5.69 Å². The fourth-order valence-electron chi connectivity index (χ4n) is 3.65. The largest absolute Gasteiger partial charge is 0.791 e. The summed E-state index contributed by atoms with van der Waals surface area (Å²) >= 11 is 0. The van der Waals surface area contributed by atoms with E-state index >= 15 is 0 Å². The van der Waals surface area contributed by atoms with E-state index in [1.807, 2.05) is 24.3 Å². The van der Waals surface area contributed by atoms with Gasteiger partial charge in [-0.15, -0.1) is 0 Å². The molecule has 2 aromatic rings. The van der Waals surface area contributed by atoms with Crippen LogP contribution in [0.1, 0.15) is 16.7 Å². The molecule has 2 aliphatic rings. The van der Waals surface area contributed by atoms with Crippen LogP contribution in [0.2, 0.25) is 0 Å². The van der Waals surface area contributed by atoms with Crippen LogP contribution in [0.15, 0.2) is 41.6 Å². The van der Waals surface area contributed by atoms with E-state index in [0.29, 0.717) is 12.1 Å². The highest BCUT2D eigenvalue weighted by molar-refractivity contribution is 6.04. The summed E-state index contributed by atoms with van der Waals surface area (Å²) in [6.07, 6.45) is 1.34. The first-order chi connectivity index (χ1) is 11.2. The topological polar surface area (TPSA) is 62.1 Å². The lowest BCUT2D eigenvalue weighted by atomic mass is 9.86. The van der Waals surface area contributed by atoms with Gasteiger partial charge in [0.15, 0.2) is 0 Å². The number of hydrogen-bond donors (Lipinski definition) is 1. The Kier molecular flexibility index (Phi) is 3.32. The van der Waals surface area contributed by atoms with Crippen LogP contribution < -0.4 is 5.06 Å². The van der Waals surface area contributed by atoms with Crippen molar-refractivity contribution in [3.05, 3.63) is 58.3 Å². The first-order valence-corrected chi connectivity index (χ1v) is 7.79. The van der Waals surface area contributed by atoms with Gasteiger partial charge in [-0.3, -0.25) is 5.21 Å². The van der Waals surface area contributed by atoms with Gasteiger partial charge < -0.3 is 15.3 Å². The van der Waals surface area contributed by atoms with E-state index in [9.17, 15) is 10.4 Å². The van der Waals surface area contributed by atoms with Gasteiger partial charge in [0.1, 0.15) is 5.84 Å². The average Bonchev–Trinajstić information content (AvgIpc) is 2.91. The quantitative estimate of drug-likeness (QED) is 0.823. The van der Waals surface area contributed by atoms with Gasteiger partial charge in [0, 0.05) is 19.5 Å². The van der Waals surface area contributed by atoms with E-state index in [1.54, 1.807) is 0 Å². The van der Waals surface area contributed by atoms with Crippen molar-refractivity contribution in [3.63, 3.8) is 0 Å². The zero-order valence-corrected chi connectivity index (χ0v) is 13.0. The third-order valence-corrected chi connectivity index (χ3v) is 4.81. The Morgan fingerprint density at radius 1 is 1.13 bits per heavy atom. The summed E-state index contributed by atoms with van der Waals surface area (Å²) in [4.78, 5) is 2.30. The minimum Gasteiger partial charge on any atom is -0.791 e. The van der Waals surface area contributed by atoms with Crippen molar-refractivity contribution in [2.24, 2.45) is 5.16 Å². The summed E-state index contributed by atoms with van der Waals surface area (Å²) in [5.74, 6) is 0.173. The van der Waals surface area contributed by atoms with Crippen molar-refractivity contribution < 1.29 is 5.21 Å². The molecule has 4 rings (SSSR count). The maximum absolute atomic E-state index is 11.0. The molecule has 0 bridgehead atoms. The van der Waals surface area contributed by atoms with Gasteiger partial charge in [0.25, 0.3) is 0 Å². The third kappa shape index (κ3) is 2.20. The standard InChI is InChI=1S/C18H19N3O2/c1-20-8-7-13-15-10-18(19-22)21(23)17(15)9-14(16(13)11-20)12-5-3-2-4-6-12/h2-6,9,22-23H,7-8,10-11H2,1H3/p-1. The first-order valence-electron chi connectivity index (χ1n) is 7.79. The predicted octanol–water partition coefficient (Wildman–Crippen LogP) is 2.99. The van der Waals surface area contributed by atoms with Crippen LogP contribution in [0, 0.1) is 5.21 Å². The summed E-state index contributed by atoms with van der Waals surface area (Å²) in [7, 11) is 2.12. The molecule has 1 N–H and O–H groups in total. The van der Waals surface area contributed by atoms with Gasteiger partial charge in [0.2, 0.25) is 0 Å². The van der Waals surface area contributed by atoms with Crippen molar-refractivity contribution in [1.82, 2.24) is 4.90 Å². The predicted molar refractivity (Wildman–Crippen MR) is 90.7 cm³/mol. The average molecular weight is 308 g/mol. The fourth-order valence-corrected chi connectivity index (χ4v) is 3.65. The highest BCUT2D eigenvalue weighted by Gasteiger charge is 2.31. The number of hydrogen-bond acceptors (Lipinski definition) is 4. The van der Waals surface area contributed by atoms with Gasteiger partial charge in [-0.2, -0.15) is 0 Å². The van der Waals surface area contributed by atoms with Gasteiger partial charge >= 0.3 is 0 Å². The van der Waals surface area contributed by atoms with Crippen LogP contribution in [-0.4, -0.2) is 29.5 Å². The van der Waals surface area contributed by atoms with Gasteiger partial charge in [-0.05, 0) is 47.4 Å². The Bertz CT molecular complexity index is 787. The van der Waals surface area contributed by atoms with Crippen LogP contribution in [0.25, 0.3) is 11.1 Å². The molecule has 5 heteroatoms. The molecule has 0 fully saturated rings. The van der Waals surface area contributed by atoms with E-state index in [-0.39, 0.29) is 5.84 Å². The van der Waals surface area contributed by atoms with Crippen molar-refractivity contribution >= 4 is 11.5 Å². The summed E-state index contributed by atoms with van der Waals surface area (Å²) in [6, 6.07) is 12.2. The second kappa shape index (κ2) is 5.37. The molecule has 0 amide bonds. The molecule has 0 saturated carbocycles. The van der Waals surface area contributed by atoms with E-state index < -0.39 is 0 Å². The monoisotopic (exact) mass is 308 g/mol. The maximum atomic E-state index is 11.0. The number of rotatable bonds is 1. The van der Waals surface area contributed by atoms with E-state index in [1.165, 1.54) is 11.1 Å². The molecule has 0 spiro atoms. The fraction of sp³-hybridized carbons (Fsp3) is 0.278. The van der Waals surface area contributed by atoms with Gasteiger partial charge in [0.05, 0.1) is 5.69 Å². The molecule has 2 heterocycles. The lowest BCUT2D eigenvalue weighted by Gasteiger charge is -2.29. The Hall–Kier alpha value is -2.37. The normalized spacial score (nSPS) is 19.0. The zero-order valence-electron chi connectivity index (χ0n) is 13.0. The third-order valence-electron chi connectivity index (χ3n) is 4.81. The Labute approximate surface area is 135 Å². The minimum atomic E-state index is 0.173. The number of amidine groups is 1. The molecule has 0 aliphatic carbocycles. The lowest BCUT2D eigenvalue weighted by Crippen LogP contribution is -2.28. The van der Waals surface area contributed by atoms with Crippen LogP contribution in [-0.2, 0) is 19.4 Å². The molecule has 23 heavy (non-hydrogen) atoms. The van der Waals surface area contributed by atoms with Crippen molar-refractivity contribution in [2.75, 3.05) is 18.7 Å². The summed E-state index contributed by atoms with van der Waals surface area (Å²) in [5, 5.41) is 25.2. The van der Waals surface area contributed by atoms with Crippen LogP contribution in [0.3, 0.4) is 0 Å². The number of anilines is 1. The van der Waals surface area contributed by atoms with E-state index in [2.05, 4.69) is 29.2 Å². The van der Waals surface area contributed by atoms with Crippen molar-refractivity contribution in [3.8, 4) is 11.1 Å². The maximum Gasteiger partial charge on any atom is 0.129 e. The molecule has 0 saturated heterocycles. The molecule has 118 valence electrons. The molecule has 5 nitrogen and oxygen atoms in total. The van der Waals surface area contributed by atoms with E-state index in [0.717, 1.165) is 41.3 Å². The second-order valence-corrected chi connectivity index (χ2v) is 6.23. The summed E-state index contributed by atoms with van der Waals surface area (Å²) in [5.41, 5.74) is 6.55. The molecule has 0 radical (unpaired) electrons. The van der Waals surface area contributed by atoms with Crippen molar-refractivity contribution in [2.45, 2.75) is 19.4 Å². The Morgan fingerprint density at radius 2 is 1.91 bits per heavy atom. The van der Waals surface area contributed by atoms with Crippen molar-refractivity contribution in [1.29, 1.82) is 0 Å². The molecule has 0 aromatic heterocycles. The first kappa shape index (κ1) is 14.2. The highest BCUT2D eigenvalue weighted by atomic mass is 16.5. The number of fused-ring (bicyclic) bond motifs is 3. The number of nitrogens with zero attached hydrogens (tertiary/aromatic N) is 3. The summed E-state index contributed by atoms with van der Waals surface area (Å²) < 4.78 is 0. The molecular formula is C18H18N3O2-. The molecule has 2 aromatic carbocycles. The second-order valence-electron chi connectivity index (χ2n) is 6.23. The summed E-state index contributed by atoms with van der Waals surface area (Å²) in [6.45, 7) is 1.86. The Morgan fingerprint density at radius 3 is 2.65 bits per heavy atom. The lowest BCUT2D eigenvalue weighted by molar-refractivity contribution is 0.310. The number of likely N-dealkylation sites (N-methyl/N-ethyl adjacent to an activating group) is 1. The van der Waals surface area contributed by atoms with Gasteiger partial charge in [-0.25, -0.2) is 5.06 Å². The SMILES string of the molecule is CN1CCc2c(c(-c3ccccc3)cc3c2CC(=N[O-])N3O)C1. The highest BCUT2D eigenvalue weighted by Crippen LogP contribution is 2.41. The zero-order chi connectivity index (χ0) is 16.0. The minimum absolute atomic E-state index is 0.173. The molecule has 0 unspecified atom stereocenters.